The zero-order valence-corrected chi connectivity index (χ0v) is 11.4. The lowest BCUT2D eigenvalue weighted by molar-refractivity contribution is 0.0886. The summed E-state index contributed by atoms with van der Waals surface area (Å²) in [5.74, 6) is 2.70. The van der Waals surface area contributed by atoms with Crippen LogP contribution in [0.5, 0.6) is 0 Å². The van der Waals surface area contributed by atoms with E-state index in [1.165, 1.54) is 12.8 Å². The number of hydrogen-bond acceptors (Lipinski definition) is 4. The number of likely N-dealkylation sites (N-methyl/N-ethyl adjacent to an activating group) is 1. The first-order valence-corrected chi connectivity index (χ1v) is 6.75. The fourth-order valence-electron chi connectivity index (χ4n) is 2.04. The SMILES string of the molecule is Cc1ccc(C(CN)N(C)CCOCC2CC2)o1. The van der Waals surface area contributed by atoms with Crippen LogP contribution in [-0.4, -0.2) is 38.3 Å². The molecule has 0 saturated heterocycles. The Hall–Kier alpha value is -0.840. The molecular weight excluding hydrogens is 228 g/mol. The van der Waals surface area contributed by atoms with Crippen molar-refractivity contribution in [3.05, 3.63) is 23.7 Å². The molecular formula is C14H24N2O2. The Balaban J connectivity index is 1.75. The second-order valence-electron chi connectivity index (χ2n) is 5.20. The van der Waals surface area contributed by atoms with Crippen LogP contribution >= 0.6 is 0 Å². The van der Waals surface area contributed by atoms with Gasteiger partial charge in [0, 0.05) is 19.7 Å². The van der Waals surface area contributed by atoms with Crippen molar-refractivity contribution in [2.24, 2.45) is 11.7 Å². The zero-order chi connectivity index (χ0) is 13.0. The van der Waals surface area contributed by atoms with E-state index < -0.39 is 0 Å². The number of nitrogens with two attached hydrogens (primary N) is 1. The number of furan rings is 1. The van der Waals surface area contributed by atoms with Gasteiger partial charge in [-0.05, 0) is 44.9 Å². The maximum Gasteiger partial charge on any atom is 0.122 e. The van der Waals surface area contributed by atoms with Crippen LogP contribution in [0.3, 0.4) is 0 Å². The molecule has 1 atom stereocenters. The molecule has 4 heteroatoms. The van der Waals surface area contributed by atoms with Crippen molar-refractivity contribution in [2.75, 3.05) is 33.4 Å². The Morgan fingerprint density at radius 2 is 2.28 bits per heavy atom. The van der Waals surface area contributed by atoms with Crippen LogP contribution in [0, 0.1) is 12.8 Å². The van der Waals surface area contributed by atoms with Gasteiger partial charge >= 0.3 is 0 Å². The van der Waals surface area contributed by atoms with Crippen molar-refractivity contribution >= 4 is 0 Å². The maximum atomic E-state index is 5.83. The largest absolute Gasteiger partial charge is 0.465 e. The Morgan fingerprint density at radius 3 is 2.83 bits per heavy atom. The van der Waals surface area contributed by atoms with Crippen LogP contribution in [0.25, 0.3) is 0 Å². The maximum absolute atomic E-state index is 5.83. The Bertz CT molecular complexity index is 360. The van der Waals surface area contributed by atoms with Gasteiger partial charge in [-0.1, -0.05) is 0 Å². The Morgan fingerprint density at radius 1 is 1.50 bits per heavy atom. The third kappa shape index (κ3) is 3.83. The highest BCUT2D eigenvalue weighted by Gasteiger charge is 2.22. The number of aryl methyl sites for hydroxylation is 1. The van der Waals surface area contributed by atoms with E-state index in [1.54, 1.807) is 0 Å². The molecule has 102 valence electrons. The molecule has 0 radical (unpaired) electrons. The van der Waals surface area contributed by atoms with Crippen molar-refractivity contribution in [3.63, 3.8) is 0 Å². The normalized spacial score (nSPS) is 17.3. The van der Waals surface area contributed by atoms with Gasteiger partial charge < -0.3 is 14.9 Å². The molecule has 0 aromatic carbocycles. The van der Waals surface area contributed by atoms with Crippen LogP contribution in [-0.2, 0) is 4.74 Å². The second kappa shape index (κ2) is 6.36. The molecule has 1 fully saturated rings. The second-order valence-corrected chi connectivity index (χ2v) is 5.20. The van der Waals surface area contributed by atoms with Crippen LogP contribution < -0.4 is 5.73 Å². The molecule has 1 saturated carbocycles. The van der Waals surface area contributed by atoms with Crippen molar-refractivity contribution in [2.45, 2.75) is 25.8 Å². The lowest BCUT2D eigenvalue weighted by Gasteiger charge is -2.25. The molecule has 0 aliphatic heterocycles. The summed E-state index contributed by atoms with van der Waals surface area (Å²) in [6.45, 7) is 5.08. The highest BCUT2D eigenvalue weighted by molar-refractivity contribution is 5.10. The number of hydrogen-bond donors (Lipinski definition) is 1. The van der Waals surface area contributed by atoms with Crippen molar-refractivity contribution < 1.29 is 9.15 Å². The minimum Gasteiger partial charge on any atom is -0.465 e. The smallest absolute Gasteiger partial charge is 0.122 e. The minimum absolute atomic E-state index is 0.142. The fourth-order valence-corrected chi connectivity index (χ4v) is 2.04. The Labute approximate surface area is 109 Å². The van der Waals surface area contributed by atoms with Gasteiger partial charge in [-0.2, -0.15) is 0 Å². The third-order valence-corrected chi connectivity index (χ3v) is 3.48. The van der Waals surface area contributed by atoms with Crippen molar-refractivity contribution in [1.29, 1.82) is 0 Å². The fraction of sp³-hybridized carbons (Fsp3) is 0.714. The Kier molecular flexibility index (Phi) is 4.80. The molecule has 2 N–H and O–H groups in total. The highest BCUT2D eigenvalue weighted by Crippen LogP contribution is 2.28. The molecule has 18 heavy (non-hydrogen) atoms. The summed E-state index contributed by atoms with van der Waals surface area (Å²) < 4.78 is 11.3. The molecule has 4 nitrogen and oxygen atoms in total. The molecule has 1 aliphatic rings. The quantitative estimate of drug-likeness (QED) is 0.718. The molecule has 0 bridgehead atoms. The lowest BCUT2D eigenvalue weighted by atomic mass is 10.2. The first-order valence-electron chi connectivity index (χ1n) is 6.75. The molecule has 1 aromatic rings. The van der Waals surface area contributed by atoms with Gasteiger partial charge in [0.05, 0.1) is 12.6 Å². The van der Waals surface area contributed by atoms with E-state index in [4.69, 9.17) is 14.9 Å². The first-order chi connectivity index (χ1) is 8.70. The van der Waals surface area contributed by atoms with Gasteiger partial charge in [0.15, 0.2) is 0 Å². The average Bonchev–Trinajstić information content (AvgIpc) is 3.08. The van der Waals surface area contributed by atoms with E-state index in [1.807, 2.05) is 19.1 Å². The van der Waals surface area contributed by atoms with E-state index in [2.05, 4.69) is 11.9 Å². The van der Waals surface area contributed by atoms with E-state index in [-0.39, 0.29) is 6.04 Å². The number of rotatable bonds is 8. The van der Waals surface area contributed by atoms with Gasteiger partial charge in [0.1, 0.15) is 11.5 Å². The number of ether oxygens (including phenoxy) is 1. The van der Waals surface area contributed by atoms with E-state index >= 15 is 0 Å². The van der Waals surface area contributed by atoms with E-state index in [0.717, 1.165) is 37.2 Å². The third-order valence-electron chi connectivity index (χ3n) is 3.48. The van der Waals surface area contributed by atoms with Crippen LogP contribution in [0.2, 0.25) is 0 Å². The van der Waals surface area contributed by atoms with Gasteiger partial charge in [0.2, 0.25) is 0 Å². The summed E-state index contributed by atoms with van der Waals surface area (Å²) >= 11 is 0. The van der Waals surface area contributed by atoms with E-state index in [9.17, 15) is 0 Å². The monoisotopic (exact) mass is 252 g/mol. The van der Waals surface area contributed by atoms with Crippen LogP contribution in [0.15, 0.2) is 16.5 Å². The molecule has 1 aliphatic carbocycles. The zero-order valence-electron chi connectivity index (χ0n) is 11.4. The topological polar surface area (TPSA) is 51.6 Å². The summed E-state index contributed by atoms with van der Waals surface area (Å²) in [5.41, 5.74) is 5.83. The average molecular weight is 252 g/mol. The molecule has 0 spiro atoms. The van der Waals surface area contributed by atoms with Gasteiger partial charge in [-0.15, -0.1) is 0 Å². The molecule has 1 aromatic heterocycles. The molecule has 0 amide bonds. The van der Waals surface area contributed by atoms with Crippen LogP contribution in [0.1, 0.15) is 30.4 Å². The number of nitrogens with zero attached hydrogens (tertiary/aromatic N) is 1. The van der Waals surface area contributed by atoms with Crippen molar-refractivity contribution in [1.82, 2.24) is 4.90 Å². The lowest BCUT2D eigenvalue weighted by Crippen LogP contribution is -2.33. The summed E-state index contributed by atoms with van der Waals surface area (Å²) in [6.07, 6.45) is 2.68. The standard InChI is InChI=1S/C14H24N2O2/c1-11-3-6-14(18-11)13(9-15)16(2)7-8-17-10-12-4-5-12/h3,6,12-13H,4-5,7-10,15H2,1-2H3. The minimum atomic E-state index is 0.142. The summed E-state index contributed by atoms with van der Waals surface area (Å²) in [4.78, 5) is 2.20. The summed E-state index contributed by atoms with van der Waals surface area (Å²) in [5, 5.41) is 0. The molecule has 1 heterocycles. The highest BCUT2D eigenvalue weighted by atomic mass is 16.5. The summed E-state index contributed by atoms with van der Waals surface area (Å²) in [6, 6.07) is 4.13. The summed E-state index contributed by atoms with van der Waals surface area (Å²) in [7, 11) is 2.07. The van der Waals surface area contributed by atoms with Gasteiger partial charge in [-0.25, -0.2) is 0 Å². The van der Waals surface area contributed by atoms with Gasteiger partial charge in [0.25, 0.3) is 0 Å². The molecule has 1 unspecified atom stereocenters. The van der Waals surface area contributed by atoms with Crippen LogP contribution in [0.4, 0.5) is 0 Å². The van der Waals surface area contributed by atoms with Crippen molar-refractivity contribution in [3.8, 4) is 0 Å². The first kappa shape index (κ1) is 13.6. The predicted molar refractivity (Wildman–Crippen MR) is 71.4 cm³/mol. The van der Waals surface area contributed by atoms with Gasteiger partial charge in [-0.3, -0.25) is 4.90 Å². The predicted octanol–water partition coefficient (Wildman–Crippen LogP) is 1.95. The van der Waals surface area contributed by atoms with E-state index in [0.29, 0.717) is 6.54 Å². The molecule has 2 rings (SSSR count).